The Bertz CT molecular complexity index is 943. The number of aromatic amines is 1. The fourth-order valence-electron chi connectivity index (χ4n) is 5.24. The number of nitrogens with one attached hydrogen (secondary N) is 1. The van der Waals surface area contributed by atoms with E-state index in [1.807, 2.05) is 36.4 Å². The summed E-state index contributed by atoms with van der Waals surface area (Å²) in [5.41, 5.74) is 3.16. The molecule has 2 heterocycles. The molecule has 146 valence electrons. The third-order valence-electron chi connectivity index (χ3n) is 6.48. The molecule has 0 bridgehead atoms. The molecule has 6 nitrogen and oxygen atoms in total. The van der Waals surface area contributed by atoms with Gasteiger partial charge in [-0.3, -0.25) is 10.00 Å². The van der Waals surface area contributed by atoms with Gasteiger partial charge in [-0.25, -0.2) is 0 Å². The van der Waals surface area contributed by atoms with E-state index in [-0.39, 0.29) is 0 Å². The summed E-state index contributed by atoms with van der Waals surface area (Å²) in [4.78, 5) is 2.34. The predicted molar refractivity (Wildman–Crippen MR) is 107 cm³/mol. The lowest BCUT2D eigenvalue weighted by Crippen LogP contribution is -2.33. The largest absolute Gasteiger partial charge is 0.390 e. The summed E-state index contributed by atoms with van der Waals surface area (Å²) in [7, 11) is 0. The van der Waals surface area contributed by atoms with E-state index >= 15 is 0 Å². The summed E-state index contributed by atoms with van der Waals surface area (Å²) in [5, 5.41) is 32.4. The van der Waals surface area contributed by atoms with Crippen LogP contribution in [0.3, 0.4) is 0 Å². The molecule has 2 unspecified atom stereocenters. The van der Waals surface area contributed by atoms with Crippen LogP contribution in [0.5, 0.6) is 0 Å². The molecule has 5 rings (SSSR count). The maximum absolute atomic E-state index is 11.1. The molecule has 28 heavy (non-hydrogen) atoms. The highest BCUT2D eigenvalue weighted by Gasteiger charge is 2.48. The van der Waals surface area contributed by atoms with E-state index in [1.165, 1.54) is 5.56 Å². The number of rotatable bonds is 5. The molecule has 1 saturated heterocycles. The first-order valence-corrected chi connectivity index (χ1v) is 10.1. The number of nitrogens with zero attached hydrogens (tertiary/aromatic N) is 3. The molecule has 0 spiro atoms. The Morgan fingerprint density at radius 2 is 1.86 bits per heavy atom. The van der Waals surface area contributed by atoms with E-state index in [2.05, 4.69) is 32.4 Å². The number of aliphatic hydroxyl groups is 2. The monoisotopic (exact) mass is 378 g/mol. The summed E-state index contributed by atoms with van der Waals surface area (Å²) in [6, 6.07) is 16.0. The smallest absolute Gasteiger partial charge is 0.113 e. The van der Waals surface area contributed by atoms with Gasteiger partial charge in [-0.05, 0) is 47.9 Å². The maximum Gasteiger partial charge on any atom is 0.113 e. The molecule has 0 amide bonds. The number of hydrogen-bond acceptors (Lipinski definition) is 5. The van der Waals surface area contributed by atoms with E-state index in [0.717, 1.165) is 48.9 Å². The SMILES string of the molecule is OC(CN1C[C@@H]2CC(O)(Cc3ccccc3)C[C@@H]2C1)c1ccc2[nH]nnc2c1. The molecule has 3 aromatic rings. The summed E-state index contributed by atoms with van der Waals surface area (Å²) < 4.78 is 0. The van der Waals surface area contributed by atoms with Crippen molar-refractivity contribution in [2.45, 2.75) is 31.0 Å². The van der Waals surface area contributed by atoms with E-state index < -0.39 is 11.7 Å². The first-order chi connectivity index (χ1) is 13.6. The zero-order valence-corrected chi connectivity index (χ0v) is 15.8. The third kappa shape index (κ3) is 3.43. The molecule has 2 aliphatic rings. The van der Waals surface area contributed by atoms with Gasteiger partial charge in [0.15, 0.2) is 0 Å². The van der Waals surface area contributed by atoms with Crippen LogP contribution in [0.1, 0.15) is 30.1 Å². The molecule has 2 fully saturated rings. The van der Waals surface area contributed by atoms with E-state index in [9.17, 15) is 10.2 Å². The topological polar surface area (TPSA) is 85.3 Å². The van der Waals surface area contributed by atoms with Gasteiger partial charge in [0.2, 0.25) is 0 Å². The van der Waals surface area contributed by atoms with Crippen molar-refractivity contribution in [2.24, 2.45) is 11.8 Å². The van der Waals surface area contributed by atoms with E-state index in [4.69, 9.17) is 0 Å². The fourth-order valence-corrected chi connectivity index (χ4v) is 5.24. The minimum absolute atomic E-state index is 0.513. The number of hydrogen-bond donors (Lipinski definition) is 3. The van der Waals surface area contributed by atoms with Crippen LogP contribution in [0.4, 0.5) is 0 Å². The quantitative estimate of drug-likeness (QED) is 0.634. The Labute approximate surface area is 164 Å². The van der Waals surface area contributed by atoms with Crippen molar-refractivity contribution in [1.82, 2.24) is 20.3 Å². The molecular weight excluding hydrogens is 352 g/mol. The van der Waals surface area contributed by atoms with Crippen molar-refractivity contribution in [2.75, 3.05) is 19.6 Å². The average Bonchev–Trinajstić information content (AvgIpc) is 3.35. The fraction of sp³-hybridized carbons (Fsp3) is 0.455. The Hall–Kier alpha value is -2.28. The van der Waals surface area contributed by atoms with Crippen molar-refractivity contribution in [3.63, 3.8) is 0 Å². The number of aliphatic hydroxyl groups excluding tert-OH is 1. The van der Waals surface area contributed by atoms with Gasteiger partial charge in [-0.15, -0.1) is 5.10 Å². The van der Waals surface area contributed by atoms with Crippen LogP contribution in [0.25, 0.3) is 11.0 Å². The van der Waals surface area contributed by atoms with Gasteiger partial charge in [0.1, 0.15) is 5.52 Å². The minimum atomic E-state index is -0.584. The second-order valence-corrected chi connectivity index (χ2v) is 8.64. The van der Waals surface area contributed by atoms with Gasteiger partial charge in [-0.2, -0.15) is 0 Å². The van der Waals surface area contributed by atoms with Crippen LogP contribution in [0.2, 0.25) is 0 Å². The number of H-pyrrole nitrogens is 1. The zero-order valence-electron chi connectivity index (χ0n) is 15.8. The second-order valence-electron chi connectivity index (χ2n) is 8.64. The Morgan fingerprint density at radius 1 is 1.11 bits per heavy atom. The number of fused-ring (bicyclic) bond motifs is 2. The lowest BCUT2D eigenvalue weighted by Gasteiger charge is -2.27. The van der Waals surface area contributed by atoms with Gasteiger partial charge >= 0.3 is 0 Å². The van der Waals surface area contributed by atoms with Gasteiger partial charge in [0.25, 0.3) is 0 Å². The summed E-state index contributed by atoms with van der Waals surface area (Å²) in [6.07, 6.45) is 1.90. The Kier molecular flexibility index (Phi) is 4.42. The zero-order chi connectivity index (χ0) is 19.1. The molecule has 6 heteroatoms. The molecule has 4 atom stereocenters. The van der Waals surface area contributed by atoms with Crippen LogP contribution in [0.15, 0.2) is 48.5 Å². The molecule has 1 aliphatic heterocycles. The van der Waals surface area contributed by atoms with Gasteiger partial charge in [0, 0.05) is 26.1 Å². The highest BCUT2D eigenvalue weighted by atomic mass is 16.3. The number of β-amino-alcohol motifs (C(OH)–C–C–N with tert-alkyl or cyclic N) is 1. The summed E-state index contributed by atoms with van der Waals surface area (Å²) in [5.74, 6) is 1.03. The van der Waals surface area contributed by atoms with Crippen LogP contribution < -0.4 is 0 Å². The highest BCUT2D eigenvalue weighted by Crippen LogP contribution is 2.45. The van der Waals surface area contributed by atoms with E-state index in [1.54, 1.807) is 0 Å². The highest BCUT2D eigenvalue weighted by molar-refractivity contribution is 5.74. The molecule has 1 aliphatic carbocycles. The molecule has 1 saturated carbocycles. The summed E-state index contributed by atoms with van der Waals surface area (Å²) >= 11 is 0. The molecule has 0 radical (unpaired) electrons. The maximum atomic E-state index is 11.1. The second kappa shape index (κ2) is 6.95. The molecule has 1 aromatic heterocycles. The van der Waals surface area contributed by atoms with Gasteiger partial charge in [0.05, 0.1) is 17.2 Å². The van der Waals surface area contributed by atoms with Crippen molar-refractivity contribution in [3.8, 4) is 0 Å². The van der Waals surface area contributed by atoms with Crippen molar-refractivity contribution >= 4 is 11.0 Å². The lowest BCUT2D eigenvalue weighted by molar-refractivity contribution is 0.0328. The standard InChI is InChI=1S/C22H26N4O2/c27-21(16-6-7-19-20(8-16)24-25-23-19)14-26-12-17-10-22(28,11-18(17)13-26)9-15-4-2-1-3-5-15/h1-8,17-18,21,27-28H,9-14H2,(H,23,24,25)/t17-,18+,21?,22?. The number of aromatic nitrogens is 3. The van der Waals surface area contributed by atoms with Gasteiger partial charge in [-0.1, -0.05) is 41.6 Å². The normalized spacial score (nSPS) is 28.6. The van der Waals surface area contributed by atoms with Crippen LogP contribution in [-0.4, -0.2) is 55.8 Å². The van der Waals surface area contributed by atoms with Crippen LogP contribution >= 0.6 is 0 Å². The number of likely N-dealkylation sites (tertiary alicyclic amines) is 1. The first kappa shape index (κ1) is 17.8. The summed E-state index contributed by atoms with van der Waals surface area (Å²) in [6.45, 7) is 2.52. The molecule has 2 aromatic carbocycles. The molecular formula is C22H26N4O2. The van der Waals surface area contributed by atoms with Crippen molar-refractivity contribution < 1.29 is 10.2 Å². The van der Waals surface area contributed by atoms with Crippen LogP contribution in [-0.2, 0) is 6.42 Å². The predicted octanol–water partition coefficient (Wildman–Crippen LogP) is 2.31. The Balaban J connectivity index is 1.19. The number of benzene rings is 2. The van der Waals surface area contributed by atoms with Gasteiger partial charge < -0.3 is 10.2 Å². The average molecular weight is 378 g/mol. The van der Waals surface area contributed by atoms with Crippen LogP contribution in [0, 0.1) is 11.8 Å². The first-order valence-electron chi connectivity index (χ1n) is 10.1. The third-order valence-corrected chi connectivity index (χ3v) is 6.48. The van der Waals surface area contributed by atoms with Crippen molar-refractivity contribution in [3.05, 3.63) is 59.7 Å². The van der Waals surface area contributed by atoms with Crippen molar-refractivity contribution in [1.29, 1.82) is 0 Å². The van der Waals surface area contributed by atoms with E-state index in [0.29, 0.717) is 18.4 Å². The Morgan fingerprint density at radius 3 is 2.61 bits per heavy atom. The lowest BCUT2D eigenvalue weighted by atomic mass is 9.91. The molecule has 3 N–H and O–H groups in total. The minimum Gasteiger partial charge on any atom is -0.390 e.